The van der Waals surface area contributed by atoms with Gasteiger partial charge in [-0.1, -0.05) is 49.4 Å². The molecule has 31 heavy (non-hydrogen) atoms. The number of piperidine rings is 1. The molecule has 0 unspecified atom stereocenters. The zero-order valence-corrected chi connectivity index (χ0v) is 17.7. The Balaban J connectivity index is 1.48. The zero-order valence-electron chi connectivity index (χ0n) is 17.7. The quantitative estimate of drug-likeness (QED) is 0.593. The van der Waals surface area contributed by atoms with Gasteiger partial charge in [-0.2, -0.15) is 0 Å². The predicted molar refractivity (Wildman–Crippen MR) is 120 cm³/mol. The molecule has 1 aromatic heterocycles. The monoisotopic (exact) mass is 418 g/mol. The van der Waals surface area contributed by atoms with Gasteiger partial charge in [0.2, 0.25) is 11.9 Å². The van der Waals surface area contributed by atoms with Crippen LogP contribution in [0.4, 0.5) is 16.0 Å². The number of amides is 1. The van der Waals surface area contributed by atoms with Crippen molar-refractivity contribution in [3.63, 3.8) is 0 Å². The smallest absolute Gasteiger partial charge is 0.230 e. The van der Waals surface area contributed by atoms with Crippen LogP contribution in [0.2, 0.25) is 0 Å². The van der Waals surface area contributed by atoms with Crippen molar-refractivity contribution in [3.05, 3.63) is 83.9 Å². The van der Waals surface area contributed by atoms with E-state index < -0.39 is 0 Å². The molecule has 1 aliphatic heterocycles. The van der Waals surface area contributed by atoms with Gasteiger partial charge >= 0.3 is 0 Å². The Morgan fingerprint density at radius 1 is 1.16 bits per heavy atom. The van der Waals surface area contributed by atoms with E-state index in [1.54, 1.807) is 24.4 Å². The van der Waals surface area contributed by atoms with Crippen LogP contribution in [0, 0.1) is 5.82 Å². The van der Waals surface area contributed by atoms with Crippen molar-refractivity contribution < 1.29 is 9.18 Å². The highest BCUT2D eigenvalue weighted by Gasteiger charge is 2.30. The van der Waals surface area contributed by atoms with Gasteiger partial charge in [-0.15, -0.1) is 0 Å². The Hall–Kier alpha value is -3.28. The lowest BCUT2D eigenvalue weighted by molar-refractivity contribution is -0.134. The molecule has 0 radical (unpaired) electrons. The van der Waals surface area contributed by atoms with Crippen LogP contribution in [-0.4, -0.2) is 33.9 Å². The maximum absolute atomic E-state index is 14.0. The van der Waals surface area contributed by atoms with Gasteiger partial charge in [0, 0.05) is 25.2 Å². The Labute approximate surface area is 182 Å². The topological polar surface area (TPSA) is 58.1 Å². The van der Waals surface area contributed by atoms with Crippen molar-refractivity contribution in [3.8, 4) is 0 Å². The fourth-order valence-electron chi connectivity index (χ4n) is 4.22. The molecule has 1 fully saturated rings. The number of rotatable bonds is 6. The number of carbonyl (C=O) groups is 1. The first kappa shape index (κ1) is 21.0. The number of nitrogens with zero attached hydrogens (tertiary/aromatic N) is 3. The predicted octanol–water partition coefficient (Wildman–Crippen LogP) is 5.26. The highest BCUT2D eigenvalue weighted by molar-refractivity contribution is 5.83. The lowest BCUT2D eigenvalue weighted by Crippen LogP contribution is -2.41. The number of para-hydroxylation sites is 1. The average Bonchev–Trinajstić information content (AvgIpc) is 2.82. The first-order valence-corrected chi connectivity index (χ1v) is 10.8. The fourth-order valence-corrected chi connectivity index (χ4v) is 4.22. The normalized spacial score (nSPS) is 17.2. The minimum absolute atomic E-state index is 0.122. The molecule has 0 bridgehead atoms. The molecule has 6 heteroatoms. The Kier molecular flexibility index (Phi) is 6.55. The Bertz CT molecular complexity index is 1030. The van der Waals surface area contributed by atoms with E-state index >= 15 is 0 Å². The summed E-state index contributed by atoms with van der Waals surface area (Å²) in [6.45, 7) is 3.46. The molecular weight excluding hydrogens is 391 g/mol. The molecule has 4 rings (SSSR count). The van der Waals surface area contributed by atoms with Gasteiger partial charge in [-0.3, -0.25) is 4.79 Å². The highest BCUT2D eigenvalue weighted by Crippen LogP contribution is 2.30. The minimum atomic E-state index is -0.350. The second-order valence-corrected chi connectivity index (χ2v) is 7.90. The fraction of sp³-hybridized carbons (Fsp3) is 0.320. The van der Waals surface area contributed by atoms with E-state index in [-0.39, 0.29) is 23.6 Å². The van der Waals surface area contributed by atoms with Crippen LogP contribution in [0.1, 0.15) is 49.3 Å². The second kappa shape index (κ2) is 9.69. The number of aromatic nitrogens is 2. The lowest BCUT2D eigenvalue weighted by atomic mass is 9.90. The summed E-state index contributed by atoms with van der Waals surface area (Å²) in [5.41, 5.74) is 2.28. The summed E-state index contributed by atoms with van der Waals surface area (Å²) < 4.78 is 14.0. The number of carbonyl (C=O) groups excluding carboxylic acids is 1. The van der Waals surface area contributed by atoms with Crippen molar-refractivity contribution in [1.29, 1.82) is 0 Å². The summed E-state index contributed by atoms with van der Waals surface area (Å²) >= 11 is 0. The second-order valence-electron chi connectivity index (χ2n) is 7.90. The first-order chi connectivity index (χ1) is 15.2. The molecule has 2 atom stereocenters. The van der Waals surface area contributed by atoms with E-state index in [1.807, 2.05) is 41.3 Å². The molecule has 1 aliphatic rings. The molecule has 0 spiro atoms. The number of hydrogen-bond donors (Lipinski definition) is 1. The summed E-state index contributed by atoms with van der Waals surface area (Å²) in [5, 5.41) is 2.96. The van der Waals surface area contributed by atoms with Gasteiger partial charge in [-0.05, 0) is 43.0 Å². The third kappa shape index (κ3) is 4.90. The van der Waals surface area contributed by atoms with Gasteiger partial charge in [0.15, 0.2) is 0 Å². The van der Waals surface area contributed by atoms with Crippen LogP contribution >= 0.6 is 0 Å². The van der Waals surface area contributed by atoms with Gasteiger partial charge < -0.3 is 10.2 Å². The zero-order chi connectivity index (χ0) is 21.6. The summed E-state index contributed by atoms with van der Waals surface area (Å²) in [5.74, 6) is 0.204. The van der Waals surface area contributed by atoms with E-state index in [1.165, 1.54) is 6.07 Å². The summed E-state index contributed by atoms with van der Waals surface area (Å²) in [7, 11) is 0. The largest absolute Gasteiger partial charge is 0.342 e. The number of nitrogens with one attached hydrogen (secondary N) is 1. The number of benzene rings is 2. The number of anilines is 2. The molecule has 1 N–H and O–H groups in total. The van der Waals surface area contributed by atoms with Crippen LogP contribution in [0.3, 0.4) is 0 Å². The molecule has 5 nitrogen and oxygen atoms in total. The summed E-state index contributed by atoms with van der Waals surface area (Å²) in [4.78, 5) is 24.1. The maximum atomic E-state index is 14.0. The van der Waals surface area contributed by atoms with Crippen molar-refractivity contribution in [1.82, 2.24) is 14.9 Å². The van der Waals surface area contributed by atoms with E-state index in [2.05, 4.69) is 22.2 Å². The third-order valence-corrected chi connectivity index (χ3v) is 5.86. The van der Waals surface area contributed by atoms with Crippen LogP contribution in [-0.2, 0) is 4.79 Å². The van der Waals surface area contributed by atoms with Crippen LogP contribution < -0.4 is 5.32 Å². The molecule has 1 saturated heterocycles. The van der Waals surface area contributed by atoms with Crippen molar-refractivity contribution in [2.24, 2.45) is 0 Å². The van der Waals surface area contributed by atoms with E-state index in [0.717, 1.165) is 37.1 Å². The molecule has 2 heterocycles. The lowest BCUT2D eigenvalue weighted by Gasteiger charge is -2.35. The average molecular weight is 419 g/mol. The first-order valence-electron chi connectivity index (χ1n) is 10.8. The van der Waals surface area contributed by atoms with Crippen LogP contribution in [0.5, 0.6) is 0 Å². The minimum Gasteiger partial charge on any atom is -0.342 e. The molecule has 0 aliphatic carbocycles. The number of hydrogen-bond acceptors (Lipinski definition) is 4. The van der Waals surface area contributed by atoms with Crippen molar-refractivity contribution in [2.75, 3.05) is 18.4 Å². The van der Waals surface area contributed by atoms with E-state index in [0.29, 0.717) is 18.2 Å². The summed E-state index contributed by atoms with van der Waals surface area (Å²) in [6, 6.07) is 18.3. The molecule has 0 saturated carbocycles. The Morgan fingerprint density at radius 3 is 2.71 bits per heavy atom. The number of likely N-dealkylation sites (tertiary alicyclic amines) is 1. The molecule has 2 aromatic carbocycles. The maximum Gasteiger partial charge on any atom is 0.230 e. The third-order valence-electron chi connectivity index (χ3n) is 5.86. The molecule has 3 aromatic rings. The summed E-state index contributed by atoms with van der Waals surface area (Å²) in [6.07, 6.45) is 4.35. The van der Waals surface area contributed by atoms with E-state index in [4.69, 9.17) is 0 Å². The molecule has 160 valence electrons. The highest BCUT2D eigenvalue weighted by atomic mass is 19.1. The van der Waals surface area contributed by atoms with Gasteiger partial charge in [0.25, 0.3) is 0 Å². The van der Waals surface area contributed by atoms with E-state index in [9.17, 15) is 9.18 Å². The Morgan fingerprint density at radius 2 is 1.94 bits per heavy atom. The van der Waals surface area contributed by atoms with Crippen molar-refractivity contribution in [2.45, 2.75) is 38.0 Å². The van der Waals surface area contributed by atoms with Gasteiger partial charge in [0.05, 0.1) is 17.3 Å². The SMILES string of the molecule is CC[C@@H](C(=O)N1CCC[C@@H](c2ccnc(Nc3ccccc3F)n2)C1)c1ccccc1. The van der Waals surface area contributed by atoms with Gasteiger partial charge in [-0.25, -0.2) is 14.4 Å². The standard InChI is InChI=1S/C25H27FN4O/c1-2-20(18-9-4-3-5-10-18)24(31)30-16-8-11-19(17-30)22-14-15-27-25(28-22)29-23-13-7-6-12-21(23)26/h3-7,9-10,12-15,19-20H,2,8,11,16-17H2,1H3,(H,27,28,29)/t19-,20-/m1/s1. The van der Waals surface area contributed by atoms with Crippen LogP contribution in [0.15, 0.2) is 66.9 Å². The van der Waals surface area contributed by atoms with Gasteiger partial charge in [0.1, 0.15) is 5.82 Å². The molecular formula is C25H27FN4O. The molecule has 1 amide bonds. The van der Waals surface area contributed by atoms with Crippen molar-refractivity contribution >= 4 is 17.5 Å². The van der Waals surface area contributed by atoms with Crippen LogP contribution in [0.25, 0.3) is 0 Å². The number of halogens is 1.